The summed E-state index contributed by atoms with van der Waals surface area (Å²) in [6.45, 7) is 6.06. The molecule has 3 aromatic carbocycles. The van der Waals surface area contributed by atoms with Gasteiger partial charge >= 0.3 is 0 Å². The van der Waals surface area contributed by atoms with E-state index in [1.54, 1.807) is 24.3 Å². The number of hydrogen-bond donors (Lipinski definition) is 2. The molecule has 0 aliphatic heterocycles. The van der Waals surface area contributed by atoms with Gasteiger partial charge in [-0.15, -0.1) is 0 Å². The molecule has 0 bridgehead atoms. The SMILES string of the molecule is CCOc1ccc(NS(=O)(=O)c2ccc(OCC(=O)Nc3c(C)cccc3C)cc2)cc1. The van der Waals surface area contributed by atoms with Gasteiger partial charge in [0.2, 0.25) is 0 Å². The molecule has 3 rings (SSSR count). The number of hydrogen-bond acceptors (Lipinski definition) is 5. The molecule has 8 heteroatoms. The Balaban J connectivity index is 1.58. The lowest BCUT2D eigenvalue weighted by molar-refractivity contribution is -0.118. The number of carbonyl (C=O) groups is 1. The zero-order chi connectivity index (χ0) is 23.1. The minimum atomic E-state index is -3.76. The Bertz CT molecular complexity index is 1150. The Morgan fingerprint density at radius 3 is 2.00 bits per heavy atom. The topological polar surface area (TPSA) is 93.7 Å². The summed E-state index contributed by atoms with van der Waals surface area (Å²) < 4.78 is 38.6. The first-order valence-electron chi connectivity index (χ1n) is 10.1. The van der Waals surface area contributed by atoms with E-state index in [1.165, 1.54) is 24.3 Å². The van der Waals surface area contributed by atoms with Gasteiger partial charge in [0.1, 0.15) is 11.5 Å². The van der Waals surface area contributed by atoms with Crippen LogP contribution in [0.25, 0.3) is 0 Å². The summed E-state index contributed by atoms with van der Waals surface area (Å²) in [6.07, 6.45) is 0. The molecule has 0 atom stereocenters. The molecule has 1 amide bonds. The number of nitrogens with one attached hydrogen (secondary N) is 2. The third kappa shape index (κ3) is 6.01. The van der Waals surface area contributed by atoms with Crippen molar-refractivity contribution in [3.63, 3.8) is 0 Å². The maximum Gasteiger partial charge on any atom is 0.262 e. The second-order valence-electron chi connectivity index (χ2n) is 7.14. The van der Waals surface area contributed by atoms with Gasteiger partial charge < -0.3 is 14.8 Å². The van der Waals surface area contributed by atoms with E-state index in [0.29, 0.717) is 23.8 Å². The molecule has 0 heterocycles. The van der Waals surface area contributed by atoms with Gasteiger partial charge in [0.25, 0.3) is 15.9 Å². The van der Waals surface area contributed by atoms with E-state index < -0.39 is 10.0 Å². The van der Waals surface area contributed by atoms with E-state index in [9.17, 15) is 13.2 Å². The van der Waals surface area contributed by atoms with Crippen molar-refractivity contribution < 1.29 is 22.7 Å². The van der Waals surface area contributed by atoms with Crippen LogP contribution in [0.2, 0.25) is 0 Å². The van der Waals surface area contributed by atoms with Crippen molar-refractivity contribution in [3.05, 3.63) is 77.9 Å². The number of aryl methyl sites for hydroxylation is 2. The Morgan fingerprint density at radius 2 is 1.41 bits per heavy atom. The molecule has 2 N–H and O–H groups in total. The maximum absolute atomic E-state index is 12.6. The second kappa shape index (κ2) is 10.2. The van der Waals surface area contributed by atoms with Crippen LogP contribution in [0.4, 0.5) is 11.4 Å². The van der Waals surface area contributed by atoms with E-state index in [1.807, 2.05) is 39.0 Å². The third-order valence-electron chi connectivity index (χ3n) is 4.67. The Kier molecular flexibility index (Phi) is 7.37. The summed E-state index contributed by atoms with van der Waals surface area (Å²) in [5.74, 6) is 0.761. The average Bonchev–Trinajstić information content (AvgIpc) is 2.77. The first kappa shape index (κ1) is 23.1. The number of rotatable bonds is 9. The number of amides is 1. The van der Waals surface area contributed by atoms with Gasteiger partial charge in [-0.1, -0.05) is 18.2 Å². The number of carbonyl (C=O) groups excluding carboxylic acids is 1. The van der Waals surface area contributed by atoms with E-state index in [-0.39, 0.29) is 17.4 Å². The highest BCUT2D eigenvalue weighted by molar-refractivity contribution is 7.92. The lowest BCUT2D eigenvalue weighted by Gasteiger charge is -2.12. The number of anilines is 2. The molecule has 0 aliphatic rings. The monoisotopic (exact) mass is 454 g/mol. The quantitative estimate of drug-likeness (QED) is 0.496. The molecule has 0 aromatic heterocycles. The predicted molar refractivity (Wildman–Crippen MR) is 125 cm³/mol. The van der Waals surface area contributed by atoms with Crippen LogP contribution in [0.15, 0.2) is 71.6 Å². The molecule has 0 spiro atoms. The summed E-state index contributed by atoms with van der Waals surface area (Å²) in [6, 6.07) is 18.3. The average molecular weight is 455 g/mol. The molecule has 0 saturated heterocycles. The first-order chi connectivity index (χ1) is 15.3. The summed E-state index contributed by atoms with van der Waals surface area (Å²) in [7, 11) is -3.76. The lowest BCUT2D eigenvalue weighted by Crippen LogP contribution is -2.21. The third-order valence-corrected chi connectivity index (χ3v) is 6.06. The van der Waals surface area contributed by atoms with Gasteiger partial charge in [0.05, 0.1) is 11.5 Å². The minimum absolute atomic E-state index is 0.0821. The molecule has 3 aromatic rings. The molecule has 32 heavy (non-hydrogen) atoms. The smallest absolute Gasteiger partial charge is 0.262 e. The molecular formula is C24H26N2O5S. The van der Waals surface area contributed by atoms with Gasteiger partial charge in [-0.3, -0.25) is 9.52 Å². The van der Waals surface area contributed by atoms with Gasteiger partial charge in [0, 0.05) is 11.4 Å². The van der Waals surface area contributed by atoms with Crippen molar-refractivity contribution in [1.29, 1.82) is 0 Å². The predicted octanol–water partition coefficient (Wildman–Crippen LogP) is 4.52. The molecule has 0 radical (unpaired) electrons. The van der Waals surface area contributed by atoms with E-state index in [0.717, 1.165) is 16.8 Å². The fourth-order valence-corrected chi connectivity index (χ4v) is 4.11. The van der Waals surface area contributed by atoms with Gasteiger partial charge in [-0.2, -0.15) is 0 Å². The van der Waals surface area contributed by atoms with Gasteiger partial charge in [0.15, 0.2) is 6.61 Å². The standard InChI is InChI=1S/C24H26N2O5S/c1-4-30-20-10-8-19(9-11-20)26-32(28,29)22-14-12-21(13-15-22)31-16-23(27)25-24-17(2)6-5-7-18(24)3/h5-15,26H,4,16H2,1-3H3,(H,25,27). The minimum Gasteiger partial charge on any atom is -0.494 e. The maximum atomic E-state index is 12.6. The van der Waals surface area contributed by atoms with Crippen molar-refractivity contribution in [2.45, 2.75) is 25.7 Å². The molecule has 7 nitrogen and oxygen atoms in total. The Hall–Kier alpha value is -3.52. The molecule has 0 unspecified atom stereocenters. The van der Waals surface area contributed by atoms with Crippen molar-refractivity contribution >= 4 is 27.3 Å². The van der Waals surface area contributed by atoms with E-state index >= 15 is 0 Å². The van der Waals surface area contributed by atoms with Gasteiger partial charge in [-0.25, -0.2) is 8.42 Å². The Labute approximate surface area is 188 Å². The molecule has 0 saturated carbocycles. The molecule has 0 fully saturated rings. The number of para-hydroxylation sites is 1. The zero-order valence-corrected chi connectivity index (χ0v) is 19.0. The lowest BCUT2D eigenvalue weighted by atomic mass is 10.1. The first-order valence-corrected chi connectivity index (χ1v) is 11.6. The number of sulfonamides is 1. The highest BCUT2D eigenvalue weighted by atomic mass is 32.2. The van der Waals surface area contributed by atoms with Crippen molar-refractivity contribution in [3.8, 4) is 11.5 Å². The van der Waals surface area contributed by atoms with Crippen LogP contribution in [-0.4, -0.2) is 27.5 Å². The highest BCUT2D eigenvalue weighted by Gasteiger charge is 2.15. The molecule has 0 aliphatic carbocycles. The van der Waals surface area contributed by atoms with Crippen molar-refractivity contribution in [2.75, 3.05) is 23.3 Å². The number of benzene rings is 3. The Morgan fingerprint density at radius 1 is 0.844 bits per heavy atom. The zero-order valence-electron chi connectivity index (χ0n) is 18.2. The summed E-state index contributed by atoms with van der Waals surface area (Å²) in [5.41, 5.74) is 3.13. The van der Waals surface area contributed by atoms with Crippen LogP contribution in [0, 0.1) is 13.8 Å². The molecular weight excluding hydrogens is 428 g/mol. The second-order valence-corrected chi connectivity index (χ2v) is 8.82. The fraction of sp³-hybridized carbons (Fsp3) is 0.208. The van der Waals surface area contributed by atoms with Crippen molar-refractivity contribution in [2.24, 2.45) is 0 Å². The van der Waals surface area contributed by atoms with Crippen molar-refractivity contribution in [1.82, 2.24) is 0 Å². The number of ether oxygens (including phenoxy) is 2. The van der Waals surface area contributed by atoms with E-state index in [2.05, 4.69) is 10.0 Å². The molecule has 168 valence electrons. The summed E-state index contributed by atoms with van der Waals surface area (Å²) >= 11 is 0. The largest absolute Gasteiger partial charge is 0.494 e. The van der Waals surface area contributed by atoms with Crippen LogP contribution >= 0.6 is 0 Å². The van der Waals surface area contributed by atoms with Crippen LogP contribution in [0.1, 0.15) is 18.1 Å². The normalized spacial score (nSPS) is 11.0. The van der Waals surface area contributed by atoms with Crippen LogP contribution < -0.4 is 19.5 Å². The van der Waals surface area contributed by atoms with Crippen LogP contribution in [0.5, 0.6) is 11.5 Å². The highest BCUT2D eigenvalue weighted by Crippen LogP contribution is 2.22. The fourth-order valence-electron chi connectivity index (χ4n) is 3.05. The van der Waals surface area contributed by atoms with E-state index in [4.69, 9.17) is 9.47 Å². The van der Waals surface area contributed by atoms with Gasteiger partial charge in [-0.05, 0) is 80.4 Å². The van der Waals surface area contributed by atoms with Crippen LogP contribution in [0.3, 0.4) is 0 Å². The summed E-state index contributed by atoms with van der Waals surface area (Å²) in [5, 5.41) is 2.84. The summed E-state index contributed by atoms with van der Waals surface area (Å²) in [4.78, 5) is 12.3. The van der Waals surface area contributed by atoms with Crippen LogP contribution in [-0.2, 0) is 14.8 Å².